The van der Waals surface area contributed by atoms with Gasteiger partial charge in [-0.3, -0.25) is 14.7 Å². The van der Waals surface area contributed by atoms with Crippen molar-refractivity contribution < 1.29 is 23.4 Å². The number of aryl methyl sites for hydroxylation is 1. The van der Waals surface area contributed by atoms with E-state index in [0.717, 1.165) is 11.1 Å². The molecule has 9 heteroatoms. The molecule has 0 aliphatic carbocycles. The van der Waals surface area contributed by atoms with Gasteiger partial charge in [0.2, 0.25) is 0 Å². The molecule has 5 rings (SSSR count). The van der Waals surface area contributed by atoms with Crippen LogP contribution >= 0.6 is 0 Å². The van der Waals surface area contributed by atoms with Crippen LogP contribution in [0.15, 0.2) is 54.7 Å². The second kappa shape index (κ2) is 11.3. The summed E-state index contributed by atoms with van der Waals surface area (Å²) in [6.45, 7) is 4.42. The third-order valence-corrected chi connectivity index (χ3v) is 6.67. The van der Waals surface area contributed by atoms with Crippen LogP contribution in [0.4, 0.5) is 8.78 Å². The first-order chi connectivity index (χ1) is 18.4. The van der Waals surface area contributed by atoms with Crippen LogP contribution in [0.25, 0.3) is 33.4 Å². The van der Waals surface area contributed by atoms with Gasteiger partial charge in [0.25, 0.3) is 5.91 Å². The van der Waals surface area contributed by atoms with Crippen molar-refractivity contribution >= 4 is 16.9 Å². The lowest BCUT2D eigenvalue weighted by Gasteiger charge is -2.27. The Morgan fingerprint density at radius 3 is 2.55 bits per heavy atom. The van der Waals surface area contributed by atoms with Crippen molar-refractivity contribution in [2.24, 2.45) is 0 Å². The van der Waals surface area contributed by atoms with Gasteiger partial charge in [-0.15, -0.1) is 0 Å². The normalized spacial score (nSPS) is 14.1. The average molecular weight is 519 g/mol. The lowest BCUT2D eigenvalue weighted by atomic mass is 10.00. The van der Waals surface area contributed by atoms with Crippen LogP contribution in [0.1, 0.15) is 21.5 Å². The number of benzene rings is 3. The molecule has 0 atom stereocenters. The van der Waals surface area contributed by atoms with Gasteiger partial charge in [-0.25, -0.2) is 13.8 Å². The van der Waals surface area contributed by atoms with Crippen LogP contribution in [0.3, 0.4) is 0 Å². The van der Waals surface area contributed by atoms with Crippen molar-refractivity contribution in [1.82, 2.24) is 20.2 Å². The molecular weight excluding hydrogens is 490 g/mol. The highest BCUT2D eigenvalue weighted by Gasteiger charge is 2.19. The number of rotatable bonds is 7. The third kappa shape index (κ3) is 5.40. The highest BCUT2D eigenvalue weighted by atomic mass is 19.1. The smallest absolute Gasteiger partial charge is 0.251 e. The lowest BCUT2D eigenvalue weighted by Crippen LogP contribution is -2.36. The number of para-hydroxylation sites is 1. The Kier molecular flexibility index (Phi) is 7.69. The fourth-order valence-corrected chi connectivity index (χ4v) is 4.64. The number of nitrogens with one attached hydrogen (secondary N) is 1. The van der Waals surface area contributed by atoms with E-state index in [1.165, 1.54) is 12.1 Å². The third-order valence-electron chi connectivity index (χ3n) is 6.67. The summed E-state index contributed by atoms with van der Waals surface area (Å²) >= 11 is 0. The zero-order valence-electron chi connectivity index (χ0n) is 21.0. The summed E-state index contributed by atoms with van der Waals surface area (Å²) in [4.78, 5) is 23.6. The number of halogens is 2. The predicted molar refractivity (Wildman–Crippen MR) is 141 cm³/mol. The van der Waals surface area contributed by atoms with E-state index in [2.05, 4.69) is 10.3 Å². The van der Waals surface area contributed by atoms with E-state index in [1.54, 1.807) is 36.5 Å². The van der Waals surface area contributed by atoms with Crippen LogP contribution < -0.4 is 5.32 Å². The van der Waals surface area contributed by atoms with Crippen LogP contribution in [0, 0.1) is 18.6 Å². The Hall–Kier alpha value is -3.79. The summed E-state index contributed by atoms with van der Waals surface area (Å²) in [7, 11) is 0. The van der Waals surface area contributed by atoms with E-state index < -0.39 is 11.6 Å². The van der Waals surface area contributed by atoms with Gasteiger partial charge in [0.1, 0.15) is 11.6 Å². The second-order valence-corrected chi connectivity index (χ2v) is 9.24. The molecule has 3 aromatic carbocycles. The van der Waals surface area contributed by atoms with Crippen molar-refractivity contribution in [3.63, 3.8) is 0 Å². The highest BCUT2D eigenvalue weighted by molar-refractivity contribution is 5.96. The fraction of sp³-hybridized carbons (Fsp3) is 0.276. The molecule has 2 heterocycles. The second-order valence-electron chi connectivity index (χ2n) is 9.24. The molecule has 196 valence electrons. The summed E-state index contributed by atoms with van der Waals surface area (Å²) in [5, 5.41) is 11.6. The van der Waals surface area contributed by atoms with E-state index in [9.17, 15) is 4.79 Å². The van der Waals surface area contributed by atoms with Crippen molar-refractivity contribution in [2.45, 2.75) is 13.5 Å². The Labute approximate surface area is 219 Å². The van der Waals surface area contributed by atoms with E-state index in [-0.39, 0.29) is 31.2 Å². The summed E-state index contributed by atoms with van der Waals surface area (Å²) in [5.41, 5.74) is 4.69. The quantitative estimate of drug-likeness (QED) is 0.383. The first kappa shape index (κ1) is 25.8. The number of amides is 1. The number of nitrogens with zero attached hydrogens (tertiary/aromatic N) is 3. The maximum Gasteiger partial charge on any atom is 0.251 e. The molecule has 0 bridgehead atoms. The predicted octanol–water partition coefficient (Wildman–Crippen LogP) is 4.10. The maximum atomic E-state index is 15.1. The molecule has 0 spiro atoms. The van der Waals surface area contributed by atoms with Crippen molar-refractivity contribution in [3.05, 3.63) is 83.1 Å². The largest absolute Gasteiger partial charge is 0.395 e. The minimum absolute atomic E-state index is 0.0428. The SMILES string of the molecule is Cc1cc(-c2cnc3cccc(-c4cc(F)c(CN5CCOCC5)c(F)c4)c3n2)ccc1C(=O)NCCO. The standard InChI is InChI=1S/C29H28F2N4O3/c1-18-13-19(5-6-21(18)29(37)32-7-10-36)27-16-33-26-4-2-3-22(28(26)34-27)20-14-24(30)23(25(31)15-20)17-35-8-11-38-12-9-35/h2-6,13-16,36H,7-12,17H2,1H3,(H,32,37). The van der Waals surface area contributed by atoms with Gasteiger partial charge in [-0.2, -0.15) is 0 Å². The van der Waals surface area contributed by atoms with Gasteiger partial charge in [0.15, 0.2) is 0 Å². The molecule has 1 saturated heterocycles. The molecule has 4 aromatic rings. The number of aliphatic hydroxyl groups is 1. The number of hydrogen-bond donors (Lipinski definition) is 2. The Balaban J connectivity index is 1.49. The number of ether oxygens (including phenoxy) is 1. The van der Waals surface area contributed by atoms with Crippen molar-refractivity contribution in [3.8, 4) is 22.4 Å². The molecule has 1 fully saturated rings. The molecule has 1 amide bonds. The number of hydrogen-bond acceptors (Lipinski definition) is 6. The zero-order chi connectivity index (χ0) is 26.6. The maximum absolute atomic E-state index is 15.1. The topological polar surface area (TPSA) is 87.6 Å². The summed E-state index contributed by atoms with van der Waals surface area (Å²) in [5.74, 6) is -1.47. The molecule has 2 N–H and O–H groups in total. The first-order valence-corrected chi connectivity index (χ1v) is 12.5. The minimum Gasteiger partial charge on any atom is -0.395 e. The molecule has 0 radical (unpaired) electrons. The lowest BCUT2D eigenvalue weighted by molar-refractivity contribution is 0.0332. The van der Waals surface area contributed by atoms with Gasteiger partial charge in [-0.1, -0.05) is 18.2 Å². The number of aliphatic hydroxyl groups excluding tert-OH is 1. The monoisotopic (exact) mass is 518 g/mol. The summed E-state index contributed by atoms with van der Waals surface area (Å²) < 4.78 is 35.6. The average Bonchev–Trinajstić information content (AvgIpc) is 2.93. The van der Waals surface area contributed by atoms with E-state index in [0.29, 0.717) is 59.7 Å². The van der Waals surface area contributed by atoms with Crippen LogP contribution in [0.2, 0.25) is 0 Å². The first-order valence-electron chi connectivity index (χ1n) is 12.5. The summed E-state index contributed by atoms with van der Waals surface area (Å²) in [6, 6.07) is 13.4. The van der Waals surface area contributed by atoms with Gasteiger partial charge in [-0.05, 0) is 48.4 Å². The van der Waals surface area contributed by atoms with Crippen molar-refractivity contribution in [2.75, 3.05) is 39.5 Å². The van der Waals surface area contributed by atoms with Gasteiger partial charge >= 0.3 is 0 Å². The number of aromatic nitrogens is 2. The van der Waals surface area contributed by atoms with Crippen molar-refractivity contribution in [1.29, 1.82) is 0 Å². The molecule has 1 aliphatic heterocycles. The molecule has 0 unspecified atom stereocenters. The fourth-order valence-electron chi connectivity index (χ4n) is 4.64. The van der Waals surface area contributed by atoms with Crippen LogP contribution in [0.5, 0.6) is 0 Å². The van der Waals surface area contributed by atoms with Gasteiger partial charge in [0, 0.05) is 48.4 Å². The van der Waals surface area contributed by atoms with Gasteiger partial charge < -0.3 is 15.2 Å². The number of carbonyl (C=O) groups is 1. The molecule has 1 aliphatic rings. The number of carbonyl (C=O) groups excluding carboxylic acids is 1. The van der Waals surface area contributed by atoms with Crippen LogP contribution in [-0.2, 0) is 11.3 Å². The number of fused-ring (bicyclic) bond motifs is 1. The molecule has 0 saturated carbocycles. The van der Waals surface area contributed by atoms with Crippen LogP contribution in [-0.4, -0.2) is 65.3 Å². The molecular formula is C29H28F2N4O3. The molecule has 7 nitrogen and oxygen atoms in total. The molecule has 1 aromatic heterocycles. The number of morpholine rings is 1. The zero-order valence-corrected chi connectivity index (χ0v) is 21.0. The Morgan fingerprint density at radius 2 is 1.84 bits per heavy atom. The van der Waals surface area contributed by atoms with Gasteiger partial charge in [0.05, 0.1) is 42.7 Å². The minimum atomic E-state index is -0.599. The van der Waals surface area contributed by atoms with E-state index in [4.69, 9.17) is 14.8 Å². The molecule has 38 heavy (non-hydrogen) atoms. The highest BCUT2D eigenvalue weighted by Crippen LogP contribution is 2.31. The summed E-state index contributed by atoms with van der Waals surface area (Å²) in [6.07, 6.45) is 1.64. The Morgan fingerprint density at radius 1 is 1.08 bits per heavy atom. The van der Waals surface area contributed by atoms with E-state index in [1.807, 2.05) is 17.9 Å². The van der Waals surface area contributed by atoms with E-state index >= 15 is 8.78 Å². The Bertz CT molecular complexity index is 1470.